The fourth-order valence-electron chi connectivity index (χ4n) is 1.76. The highest BCUT2D eigenvalue weighted by Crippen LogP contribution is 2.29. The minimum atomic E-state index is 0.249. The van der Waals surface area contributed by atoms with E-state index >= 15 is 0 Å². The molecule has 0 fully saturated rings. The zero-order chi connectivity index (χ0) is 13.4. The van der Waals surface area contributed by atoms with E-state index in [1.54, 1.807) is 18.3 Å². The largest absolute Gasteiger partial charge is 0.368 e. The molecule has 0 spiro atoms. The van der Waals surface area contributed by atoms with Crippen LogP contribution < -0.4 is 11.1 Å². The van der Waals surface area contributed by atoms with Crippen LogP contribution >= 0.6 is 11.3 Å². The predicted octanol–water partition coefficient (Wildman–Crippen LogP) is 1.89. The molecule has 0 atom stereocenters. The third kappa shape index (κ3) is 2.34. The van der Waals surface area contributed by atoms with Gasteiger partial charge in [-0.1, -0.05) is 5.16 Å². The number of nitrogen functional groups attached to an aromatic ring is 1. The minimum absolute atomic E-state index is 0.249. The average molecular weight is 276 g/mol. The number of hydrogen-bond acceptors (Lipinski definition) is 8. The Morgan fingerprint density at radius 1 is 1.32 bits per heavy atom. The summed E-state index contributed by atoms with van der Waals surface area (Å²) in [5.74, 6) is 2.05. The van der Waals surface area contributed by atoms with Crippen molar-refractivity contribution in [3.63, 3.8) is 0 Å². The standard InChI is InChI=1S/C11H12N6OS/c1-5-3-7-9(15-11(12)16-10(7)19-5)13-4-8-14-6(2)17-18-8/h3H,4H2,1-2H3,(H3,12,13,15,16). The summed E-state index contributed by atoms with van der Waals surface area (Å²) >= 11 is 1.58. The molecular weight excluding hydrogens is 264 g/mol. The lowest BCUT2D eigenvalue weighted by atomic mass is 10.3. The van der Waals surface area contributed by atoms with Gasteiger partial charge >= 0.3 is 0 Å². The first-order chi connectivity index (χ1) is 9.11. The molecule has 0 aliphatic rings. The van der Waals surface area contributed by atoms with Crippen molar-refractivity contribution in [3.8, 4) is 0 Å². The van der Waals surface area contributed by atoms with Gasteiger partial charge in [0.2, 0.25) is 11.8 Å². The second-order valence-corrected chi connectivity index (χ2v) is 5.33. The molecule has 0 amide bonds. The molecule has 3 aromatic heterocycles. The number of anilines is 2. The molecule has 0 aliphatic carbocycles. The van der Waals surface area contributed by atoms with Crippen molar-refractivity contribution in [2.24, 2.45) is 0 Å². The summed E-state index contributed by atoms with van der Waals surface area (Å²) in [5, 5.41) is 7.83. The van der Waals surface area contributed by atoms with Gasteiger partial charge in [0.25, 0.3) is 0 Å². The smallest absolute Gasteiger partial charge is 0.245 e. The maximum absolute atomic E-state index is 5.70. The number of fused-ring (bicyclic) bond motifs is 1. The molecule has 3 heterocycles. The maximum Gasteiger partial charge on any atom is 0.245 e. The average Bonchev–Trinajstić information content (AvgIpc) is 2.91. The third-order valence-electron chi connectivity index (χ3n) is 2.51. The zero-order valence-corrected chi connectivity index (χ0v) is 11.3. The first-order valence-corrected chi connectivity index (χ1v) is 6.50. The lowest BCUT2D eigenvalue weighted by Crippen LogP contribution is -2.04. The highest BCUT2D eigenvalue weighted by atomic mass is 32.1. The summed E-state index contributed by atoms with van der Waals surface area (Å²) in [6, 6.07) is 2.03. The Kier molecular flexibility index (Phi) is 2.79. The lowest BCUT2D eigenvalue weighted by Gasteiger charge is -2.04. The van der Waals surface area contributed by atoms with Crippen molar-refractivity contribution in [2.75, 3.05) is 11.1 Å². The van der Waals surface area contributed by atoms with Gasteiger partial charge in [0.05, 0.1) is 11.9 Å². The van der Waals surface area contributed by atoms with Gasteiger partial charge in [-0.3, -0.25) is 0 Å². The highest BCUT2D eigenvalue weighted by Gasteiger charge is 2.10. The van der Waals surface area contributed by atoms with Crippen LogP contribution in [0.2, 0.25) is 0 Å². The molecule has 0 saturated carbocycles. The van der Waals surface area contributed by atoms with E-state index in [9.17, 15) is 0 Å². The van der Waals surface area contributed by atoms with Crippen LogP contribution in [0, 0.1) is 13.8 Å². The van der Waals surface area contributed by atoms with E-state index in [1.165, 1.54) is 0 Å². The molecule has 98 valence electrons. The lowest BCUT2D eigenvalue weighted by molar-refractivity contribution is 0.379. The molecule has 3 aromatic rings. The van der Waals surface area contributed by atoms with Gasteiger partial charge in [0.15, 0.2) is 5.82 Å². The Morgan fingerprint density at radius 2 is 2.16 bits per heavy atom. The monoisotopic (exact) mass is 276 g/mol. The molecule has 3 rings (SSSR count). The van der Waals surface area contributed by atoms with Crippen LogP contribution in [0.1, 0.15) is 16.6 Å². The molecule has 0 unspecified atom stereocenters. The van der Waals surface area contributed by atoms with E-state index < -0.39 is 0 Å². The fourth-order valence-corrected chi connectivity index (χ4v) is 2.65. The molecule has 0 bridgehead atoms. The number of rotatable bonds is 3. The Morgan fingerprint density at radius 3 is 2.89 bits per heavy atom. The molecule has 19 heavy (non-hydrogen) atoms. The number of nitrogens with one attached hydrogen (secondary N) is 1. The number of aryl methyl sites for hydroxylation is 2. The van der Waals surface area contributed by atoms with Crippen LogP contribution in [0.4, 0.5) is 11.8 Å². The Hall–Kier alpha value is -2.22. The fraction of sp³-hybridized carbons (Fsp3) is 0.273. The summed E-state index contributed by atoms with van der Waals surface area (Å²) in [6.45, 7) is 4.20. The molecule has 0 aliphatic heterocycles. The van der Waals surface area contributed by atoms with Gasteiger partial charge < -0.3 is 15.6 Å². The predicted molar refractivity (Wildman–Crippen MR) is 72.9 cm³/mol. The Balaban J connectivity index is 1.91. The molecule has 7 nitrogen and oxygen atoms in total. The summed E-state index contributed by atoms with van der Waals surface area (Å²) in [6.07, 6.45) is 0. The van der Waals surface area contributed by atoms with E-state index in [0.29, 0.717) is 24.1 Å². The summed E-state index contributed by atoms with van der Waals surface area (Å²) < 4.78 is 5.04. The third-order valence-corrected chi connectivity index (χ3v) is 3.45. The van der Waals surface area contributed by atoms with Gasteiger partial charge in [-0.2, -0.15) is 9.97 Å². The normalized spacial score (nSPS) is 11.1. The van der Waals surface area contributed by atoms with Crippen molar-refractivity contribution < 1.29 is 4.52 Å². The molecule has 0 aromatic carbocycles. The Labute approximate surface area is 112 Å². The molecule has 8 heteroatoms. The van der Waals surface area contributed by atoms with Crippen LogP contribution in [-0.2, 0) is 6.54 Å². The van der Waals surface area contributed by atoms with Crippen LogP contribution in [-0.4, -0.2) is 20.1 Å². The number of aromatic nitrogens is 4. The number of nitrogens with two attached hydrogens (primary N) is 1. The summed E-state index contributed by atoms with van der Waals surface area (Å²) in [5.41, 5.74) is 5.70. The number of hydrogen-bond donors (Lipinski definition) is 2. The van der Waals surface area contributed by atoms with Gasteiger partial charge in [0.1, 0.15) is 10.6 Å². The van der Waals surface area contributed by atoms with E-state index in [2.05, 4.69) is 25.4 Å². The number of nitrogens with zero attached hydrogens (tertiary/aromatic N) is 4. The summed E-state index contributed by atoms with van der Waals surface area (Å²) in [4.78, 5) is 14.6. The van der Waals surface area contributed by atoms with Crippen molar-refractivity contribution in [2.45, 2.75) is 20.4 Å². The van der Waals surface area contributed by atoms with Gasteiger partial charge in [0, 0.05) is 4.88 Å². The van der Waals surface area contributed by atoms with Crippen LogP contribution in [0.3, 0.4) is 0 Å². The first kappa shape index (κ1) is 11.8. The van der Waals surface area contributed by atoms with Crippen LogP contribution in [0.25, 0.3) is 10.2 Å². The number of thiophene rings is 1. The van der Waals surface area contributed by atoms with Gasteiger partial charge in [-0.05, 0) is 19.9 Å². The van der Waals surface area contributed by atoms with Crippen LogP contribution in [0.5, 0.6) is 0 Å². The minimum Gasteiger partial charge on any atom is -0.368 e. The van der Waals surface area contributed by atoms with E-state index in [4.69, 9.17) is 10.3 Å². The van der Waals surface area contributed by atoms with E-state index in [0.717, 1.165) is 15.1 Å². The second-order valence-electron chi connectivity index (χ2n) is 4.10. The highest BCUT2D eigenvalue weighted by molar-refractivity contribution is 7.18. The molecular formula is C11H12N6OS. The Bertz CT molecular complexity index is 734. The van der Waals surface area contributed by atoms with Crippen LogP contribution in [0.15, 0.2) is 10.6 Å². The SMILES string of the molecule is Cc1noc(CNc2nc(N)nc3sc(C)cc23)n1. The van der Waals surface area contributed by atoms with Crippen molar-refractivity contribution in [3.05, 3.63) is 22.7 Å². The van der Waals surface area contributed by atoms with E-state index in [-0.39, 0.29) is 5.95 Å². The van der Waals surface area contributed by atoms with Crippen molar-refractivity contribution >= 4 is 33.3 Å². The van der Waals surface area contributed by atoms with Crippen molar-refractivity contribution in [1.29, 1.82) is 0 Å². The van der Waals surface area contributed by atoms with E-state index in [1.807, 2.05) is 13.0 Å². The molecule has 0 saturated heterocycles. The topological polar surface area (TPSA) is 103 Å². The van der Waals surface area contributed by atoms with Gasteiger partial charge in [-0.15, -0.1) is 11.3 Å². The maximum atomic E-state index is 5.70. The summed E-state index contributed by atoms with van der Waals surface area (Å²) in [7, 11) is 0. The quantitative estimate of drug-likeness (QED) is 0.752. The van der Waals surface area contributed by atoms with Crippen molar-refractivity contribution in [1.82, 2.24) is 20.1 Å². The first-order valence-electron chi connectivity index (χ1n) is 5.68. The molecule has 3 N–H and O–H groups in total. The second kappa shape index (κ2) is 4.47. The van der Waals surface area contributed by atoms with Gasteiger partial charge in [-0.25, -0.2) is 4.98 Å². The molecule has 0 radical (unpaired) electrons. The zero-order valence-electron chi connectivity index (χ0n) is 10.5.